The first-order valence-electron chi connectivity index (χ1n) is 4.51. The first-order valence-corrected chi connectivity index (χ1v) is 4.51. The average molecular weight is 198 g/mol. The van der Waals surface area contributed by atoms with Gasteiger partial charge in [0.2, 0.25) is 0 Å². The first-order chi connectivity index (χ1) is 6.69. The molecule has 0 saturated heterocycles. The van der Waals surface area contributed by atoms with Gasteiger partial charge in [-0.3, -0.25) is 0 Å². The van der Waals surface area contributed by atoms with E-state index in [-0.39, 0.29) is 5.75 Å². The first kappa shape index (κ1) is 10.8. The summed E-state index contributed by atoms with van der Waals surface area (Å²) in [5.41, 5.74) is 0.748. The van der Waals surface area contributed by atoms with E-state index in [2.05, 4.69) is 0 Å². The molecule has 1 atom stereocenters. The summed E-state index contributed by atoms with van der Waals surface area (Å²) in [6, 6.07) is 4.85. The Labute approximate surface area is 83.1 Å². The number of benzene rings is 1. The van der Waals surface area contributed by atoms with Crippen LogP contribution in [0, 0.1) is 0 Å². The molecule has 1 aromatic carbocycles. The number of likely N-dealkylation sites (N-methyl/N-ethyl adjacent to an activating group) is 1. The third-order valence-corrected chi connectivity index (χ3v) is 2.05. The lowest BCUT2D eigenvalue weighted by Crippen LogP contribution is -2.80. The summed E-state index contributed by atoms with van der Waals surface area (Å²) in [7, 11) is 3.37. The number of methoxy groups -OCH3 is 1. The van der Waals surface area contributed by atoms with Crippen molar-refractivity contribution in [2.45, 2.75) is 6.10 Å². The van der Waals surface area contributed by atoms with Crippen LogP contribution in [0.15, 0.2) is 18.2 Å². The number of rotatable bonds is 4. The molecule has 0 spiro atoms. The molecule has 0 aliphatic rings. The van der Waals surface area contributed by atoms with Gasteiger partial charge in [-0.15, -0.1) is 0 Å². The van der Waals surface area contributed by atoms with Crippen LogP contribution in [0.25, 0.3) is 0 Å². The van der Waals surface area contributed by atoms with Gasteiger partial charge in [-0.1, -0.05) is 6.07 Å². The van der Waals surface area contributed by atoms with Gasteiger partial charge in [-0.2, -0.15) is 0 Å². The normalized spacial score (nSPS) is 12.5. The number of nitrogens with two attached hydrogens (primary N) is 1. The highest BCUT2D eigenvalue weighted by Gasteiger charge is 2.11. The zero-order valence-electron chi connectivity index (χ0n) is 8.40. The minimum Gasteiger partial charge on any atom is -0.504 e. The van der Waals surface area contributed by atoms with Gasteiger partial charge >= 0.3 is 0 Å². The number of ether oxygens (including phenoxy) is 1. The zero-order chi connectivity index (χ0) is 10.6. The molecule has 0 saturated carbocycles. The quantitative estimate of drug-likeness (QED) is 0.618. The van der Waals surface area contributed by atoms with Crippen molar-refractivity contribution in [1.82, 2.24) is 0 Å². The molecule has 4 heteroatoms. The van der Waals surface area contributed by atoms with Crippen LogP contribution in [0.4, 0.5) is 0 Å². The van der Waals surface area contributed by atoms with E-state index in [1.165, 1.54) is 13.2 Å². The summed E-state index contributed by atoms with van der Waals surface area (Å²) >= 11 is 0. The molecular weight excluding hydrogens is 182 g/mol. The van der Waals surface area contributed by atoms with E-state index in [1.54, 1.807) is 12.1 Å². The lowest BCUT2D eigenvalue weighted by Gasteiger charge is -2.10. The minimum absolute atomic E-state index is 0.0870. The molecule has 4 nitrogen and oxygen atoms in total. The summed E-state index contributed by atoms with van der Waals surface area (Å²) in [6.07, 6.45) is -0.533. The Morgan fingerprint density at radius 3 is 2.79 bits per heavy atom. The Kier molecular flexibility index (Phi) is 3.73. The molecule has 0 aliphatic heterocycles. The number of aliphatic hydroxyl groups excluding tert-OH is 1. The standard InChI is InChI=1S/C10H15NO3/c1-11-6-9(13)7-3-4-8(12)10(5-7)14-2/h3-5,9,11-13H,6H2,1-2H3/p+1. The minimum atomic E-state index is -0.533. The Balaban J connectivity index is 2.88. The number of phenols is 1. The fourth-order valence-electron chi connectivity index (χ4n) is 1.26. The molecule has 14 heavy (non-hydrogen) atoms. The number of aromatic hydroxyl groups is 1. The summed E-state index contributed by atoms with van der Waals surface area (Å²) in [5, 5.41) is 20.9. The second-order valence-electron chi connectivity index (χ2n) is 3.09. The van der Waals surface area contributed by atoms with Crippen molar-refractivity contribution in [2.24, 2.45) is 0 Å². The van der Waals surface area contributed by atoms with E-state index in [4.69, 9.17) is 4.74 Å². The van der Waals surface area contributed by atoms with E-state index in [0.29, 0.717) is 12.3 Å². The smallest absolute Gasteiger partial charge is 0.160 e. The molecule has 0 amide bonds. The summed E-state index contributed by atoms with van der Waals surface area (Å²) in [4.78, 5) is 0. The van der Waals surface area contributed by atoms with Crippen LogP contribution in [0.5, 0.6) is 11.5 Å². The van der Waals surface area contributed by atoms with E-state index >= 15 is 0 Å². The summed E-state index contributed by atoms with van der Waals surface area (Å²) in [5.74, 6) is 0.474. The van der Waals surface area contributed by atoms with Gasteiger partial charge in [0.15, 0.2) is 11.5 Å². The molecule has 0 aliphatic carbocycles. The van der Waals surface area contributed by atoms with Crippen LogP contribution < -0.4 is 10.1 Å². The molecule has 1 unspecified atom stereocenters. The third-order valence-electron chi connectivity index (χ3n) is 2.05. The van der Waals surface area contributed by atoms with Crippen LogP contribution in [0.3, 0.4) is 0 Å². The second kappa shape index (κ2) is 4.83. The fourth-order valence-corrected chi connectivity index (χ4v) is 1.26. The van der Waals surface area contributed by atoms with Gasteiger partial charge in [0, 0.05) is 0 Å². The zero-order valence-corrected chi connectivity index (χ0v) is 8.40. The maximum Gasteiger partial charge on any atom is 0.160 e. The summed E-state index contributed by atoms with van der Waals surface area (Å²) in [6.45, 7) is 0.591. The molecule has 0 fully saturated rings. The van der Waals surface area contributed by atoms with Crippen LogP contribution in [0.2, 0.25) is 0 Å². The van der Waals surface area contributed by atoms with E-state index in [0.717, 1.165) is 5.56 Å². The van der Waals surface area contributed by atoms with Crippen molar-refractivity contribution in [3.63, 3.8) is 0 Å². The number of aliphatic hydroxyl groups is 1. The number of hydrogen-bond donors (Lipinski definition) is 3. The largest absolute Gasteiger partial charge is 0.504 e. The van der Waals surface area contributed by atoms with Gasteiger partial charge in [0.1, 0.15) is 12.6 Å². The maximum absolute atomic E-state index is 9.66. The third kappa shape index (κ3) is 2.37. The number of hydrogen-bond acceptors (Lipinski definition) is 3. The molecule has 1 rings (SSSR count). The molecular formula is C10H16NO3+. The number of phenolic OH excluding ortho intramolecular Hbond substituents is 1. The van der Waals surface area contributed by atoms with Crippen molar-refractivity contribution in [1.29, 1.82) is 0 Å². The van der Waals surface area contributed by atoms with E-state index in [1.807, 2.05) is 12.4 Å². The SMILES string of the molecule is C[NH2+]CC(O)c1ccc(O)c(OC)c1. The summed E-state index contributed by atoms with van der Waals surface area (Å²) < 4.78 is 4.94. The molecule has 4 N–H and O–H groups in total. The Morgan fingerprint density at radius 2 is 2.21 bits per heavy atom. The molecule has 0 bridgehead atoms. The van der Waals surface area contributed by atoms with Gasteiger partial charge in [-0.05, 0) is 17.7 Å². The molecule has 78 valence electrons. The Bertz CT molecular complexity index is 301. The molecule has 0 aromatic heterocycles. The van der Waals surface area contributed by atoms with Crippen molar-refractivity contribution in [2.75, 3.05) is 20.7 Å². The molecule has 1 aromatic rings. The van der Waals surface area contributed by atoms with Crippen LogP contribution in [-0.2, 0) is 0 Å². The van der Waals surface area contributed by atoms with Crippen molar-refractivity contribution in [3.8, 4) is 11.5 Å². The predicted molar refractivity (Wildman–Crippen MR) is 52.3 cm³/mol. The Hall–Kier alpha value is -1.26. The topological polar surface area (TPSA) is 66.3 Å². The highest BCUT2D eigenvalue weighted by atomic mass is 16.5. The lowest BCUT2D eigenvalue weighted by molar-refractivity contribution is -0.634. The molecule has 0 heterocycles. The monoisotopic (exact) mass is 198 g/mol. The van der Waals surface area contributed by atoms with Crippen LogP contribution >= 0.6 is 0 Å². The van der Waals surface area contributed by atoms with E-state index < -0.39 is 6.10 Å². The fraction of sp³-hybridized carbons (Fsp3) is 0.400. The number of quaternary nitrogens is 1. The van der Waals surface area contributed by atoms with Crippen LogP contribution in [0.1, 0.15) is 11.7 Å². The van der Waals surface area contributed by atoms with Gasteiger partial charge in [-0.25, -0.2) is 0 Å². The van der Waals surface area contributed by atoms with Crippen LogP contribution in [-0.4, -0.2) is 30.9 Å². The second-order valence-corrected chi connectivity index (χ2v) is 3.09. The van der Waals surface area contributed by atoms with E-state index in [9.17, 15) is 10.2 Å². The Morgan fingerprint density at radius 1 is 1.50 bits per heavy atom. The maximum atomic E-state index is 9.66. The van der Waals surface area contributed by atoms with Crippen molar-refractivity contribution >= 4 is 0 Å². The van der Waals surface area contributed by atoms with Crippen molar-refractivity contribution in [3.05, 3.63) is 23.8 Å². The predicted octanol–water partition coefficient (Wildman–Crippen LogP) is -0.373. The highest BCUT2D eigenvalue weighted by molar-refractivity contribution is 5.42. The molecule has 0 radical (unpaired) electrons. The van der Waals surface area contributed by atoms with Crippen molar-refractivity contribution < 1.29 is 20.3 Å². The van der Waals surface area contributed by atoms with Gasteiger partial charge in [0.25, 0.3) is 0 Å². The van der Waals surface area contributed by atoms with Gasteiger partial charge < -0.3 is 20.3 Å². The van der Waals surface area contributed by atoms with Gasteiger partial charge in [0.05, 0.1) is 14.2 Å². The average Bonchev–Trinajstić information content (AvgIpc) is 2.19. The lowest BCUT2D eigenvalue weighted by atomic mass is 10.1. The highest BCUT2D eigenvalue weighted by Crippen LogP contribution is 2.28.